The van der Waals surface area contributed by atoms with E-state index in [2.05, 4.69) is 4.98 Å². The first-order chi connectivity index (χ1) is 10.6. The van der Waals surface area contributed by atoms with Gasteiger partial charge in [-0.2, -0.15) is 13.2 Å². The van der Waals surface area contributed by atoms with Crippen molar-refractivity contribution in [1.82, 2.24) is 9.88 Å². The molecule has 8 heteroatoms. The molecule has 3 rings (SSSR count). The molecule has 1 saturated carbocycles. The van der Waals surface area contributed by atoms with E-state index >= 15 is 0 Å². The Balaban J connectivity index is 1.71. The van der Waals surface area contributed by atoms with Crippen molar-refractivity contribution in [2.45, 2.75) is 37.5 Å². The third-order valence-electron chi connectivity index (χ3n) is 4.95. The molecule has 126 valence electrons. The van der Waals surface area contributed by atoms with Crippen molar-refractivity contribution >= 4 is 6.09 Å². The number of hydrogen-bond donors (Lipinski definition) is 2. The second-order valence-electron chi connectivity index (χ2n) is 6.56. The van der Waals surface area contributed by atoms with E-state index in [1.807, 2.05) is 0 Å². The maximum Gasteiger partial charge on any atom is 0.433 e. The number of aromatic nitrogens is 1. The molecule has 2 heterocycles. The van der Waals surface area contributed by atoms with E-state index in [0.717, 1.165) is 6.07 Å². The van der Waals surface area contributed by atoms with Gasteiger partial charge in [-0.1, -0.05) is 6.07 Å². The van der Waals surface area contributed by atoms with E-state index in [1.54, 1.807) is 0 Å². The Bertz CT molecular complexity index is 617. The minimum Gasteiger partial charge on any atom is -0.465 e. The minimum absolute atomic E-state index is 0.0404. The fraction of sp³-hybridized carbons (Fsp3) is 0.600. The Morgan fingerprint density at radius 1 is 1.22 bits per heavy atom. The molecule has 0 radical (unpaired) electrons. The number of aliphatic hydroxyl groups is 1. The van der Waals surface area contributed by atoms with Crippen molar-refractivity contribution in [2.75, 3.05) is 13.1 Å². The zero-order valence-electron chi connectivity index (χ0n) is 12.3. The molecule has 1 aliphatic carbocycles. The van der Waals surface area contributed by atoms with Crippen LogP contribution in [0.5, 0.6) is 0 Å². The number of rotatable bonds is 1. The lowest BCUT2D eigenvalue weighted by Gasteiger charge is -2.56. The van der Waals surface area contributed by atoms with Gasteiger partial charge in [-0.3, -0.25) is 0 Å². The second-order valence-corrected chi connectivity index (χ2v) is 6.56. The van der Waals surface area contributed by atoms with Crippen molar-refractivity contribution in [3.63, 3.8) is 0 Å². The molecule has 5 nitrogen and oxygen atoms in total. The average Bonchev–Trinajstić information content (AvgIpc) is 2.45. The summed E-state index contributed by atoms with van der Waals surface area (Å²) in [6.45, 7) is 0.781. The summed E-state index contributed by atoms with van der Waals surface area (Å²) in [6, 6.07) is 3.54. The van der Waals surface area contributed by atoms with Gasteiger partial charge in [0.25, 0.3) is 0 Å². The quantitative estimate of drug-likeness (QED) is 0.830. The van der Waals surface area contributed by atoms with Crippen LogP contribution in [0, 0.1) is 5.41 Å². The highest BCUT2D eigenvalue weighted by Gasteiger charge is 2.56. The van der Waals surface area contributed by atoms with Crippen LogP contribution in [-0.2, 0) is 11.8 Å². The maximum absolute atomic E-state index is 12.7. The van der Waals surface area contributed by atoms with Crippen molar-refractivity contribution in [1.29, 1.82) is 0 Å². The Labute approximate surface area is 130 Å². The van der Waals surface area contributed by atoms with E-state index in [0.29, 0.717) is 38.8 Å². The van der Waals surface area contributed by atoms with Gasteiger partial charge < -0.3 is 15.1 Å². The highest BCUT2D eigenvalue weighted by Crippen LogP contribution is 2.58. The Morgan fingerprint density at radius 2 is 1.83 bits per heavy atom. The zero-order valence-corrected chi connectivity index (χ0v) is 12.3. The van der Waals surface area contributed by atoms with Crippen LogP contribution in [0.25, 0.3) is 0 Å². The highest BCUT2D eigenvalue weighted by molar-refractivity contribution is 5.65. The number of pyridine rings is 1. The molecule has 23 heavy (non-hydrogen) atoms. The lowest BCUT2D eigenvalue weighted by molar-refractivity contribution is -0.158. The molecule has 1 spiro atoms. The van der Waals surface area contributed by atoms with Crippen molar-refractivity contribution in [2.24, 2.45) is 5.41 Å². The Hall–Kier alpha value is -1.83. The number of likely N-dealkylation sites (tertiary alicyclic amines) is 1. The summed E-state index contributed by atoms with van der Waals surface area (Å²) in [4.78, 5) is 15.8. The largest absolute Gasteiger partial charge is 0.465 e. The number of carbonyl (C=O) groups is 1. The van der Waals surface area contributed by atoms with Crippen molar-refractivity contribution < 1.29 is 28.2 Å². The second kappa shape index (κ2) is 5.09. The summed E-state index contributed by atoms with van der Waals surface area (Å²) >= 11 is 0. The van der Waals surface area contributed by atoms with Gasteiger partial charge in [0.2, 0.25) is 0 Å². The summed E-state index contributed by atoms with van der Waals surface area (Å²) in [7, 11) is 0. The summed E-state index contributed by atoms with van der Waals surface area (Å²) in [6.07, 6.45) is -3.64. The van der Waals surface area contributed by atoms with Crippen molar-refractivity contribution in [3.05, 3.63) is 29.6 Å². The van der Waals surface area contributed by atoms with Crippen LogP contribution < -0.4 is 0 Å². The standard InChI is InChI=1S/C15H17F3N2O3/c16-15(17,18)11-3-1-2-10(19-11)14(23)8-13(9-14)4-6-20(7-5-13)12(21)22/h1-3,23H,4-9H2,(H,21,22). The summed E-state index contributed by atoms with van der Waals surface area (Å²) < 4.78 is 38.2. The average molecular weight is 330 g/mol. The van der Waals surface area contributed by atoms with E-state index in [4.69, 9.17) is 5.11 Å². The van der Waals surface area contributed by atoms with Gasteiger partial charge in [0.05, 0.1) is 5.69 Å². The predicted molar refractivity (Wildman–Crippen MR) is 73.6 cm³/mol. The monoisotopic (exact) mass is 330 g/mol. The molecule has 0 atom stereocenters. The molecule has 2 fully saturated rings. The van der Waals surface area contributed by atoms with Crippen LogP contribution in [0.4, 0.5) is 18.0 Å². The van der Waals surface area contributed by atoms with Crippen LogP contribution in [0.1, 0.15) is 37.1 Å². The third-order valence-corrected chi connectivity index (χ3v) is 4.95. The van der Waals surface area contributed by atoms with Crippen LogP contribution in [0.3, 0.4) is 0 Å². The SMILES string of the molecule is O=C(O)N1CCC2(CC1)CC(O)(c1cccc(C(F)(F)F)n1)C2. The molecular formula is C15H17F3N2O3. The molecule has 1 saturated heterocycles. The smallest absolute Gasteiger partial charge is 0.433 e. The predicted octanol–water partition coefficient (Wildman–Crippen LogP) is 2.84. The van der Waals surface area contributed by atoms with Gasteiger partial charge >= 0.3 is 12.3 Å². The lowest BCUT2D eigenvalue weighted by Crippen LogP contribution is -2.55. The topological polar surface area (TPSA) is 73.7 Å². The fourth-order valence-electron chi connectivity index (χ4n) is 3.75. The lowest BCUT2D eigenvalue weighted by atomic mass is 9.54. The normalized spacial score (nSPS) is 22.7. The van der Waals surface area contributed by atoms with Crippen molar-refractivity contribution in [3.8, 4) is 0 Å². The number of piperidine rings is 1. The van der Waals surface area contributed by atoms with Crippen LogP contribution in [0.2, 0.25) is 0 Å². The van der Waals surface area contributed by atoms with Crippen LogP contribution in [0.15, 0.2) is 18.2 Å². The molecule has 0 bridgehead atoms. The summed E-state index contributed by atoms with van der Waals surface area (Å²) in [5.41, 5.74) is -2.52. The molecule has 0 unspecified atom stereocenters. The molecule has 1 aromatic heterocycles. The first-order valence-corrected chi connectivity index (χ1v) is 7.39. The zero-order chi connectivity index (χ0) is 16.9. The third kappa shape index (κ3) is 2.87. The molecular weight excluding hydrogens is 313 g/mol. The van der Waals surface area contributed by atoms with Gasteiger partial charge in [0.1, 0.15) is 11.3 Å². The summed E-state index contributed by atoms with van der Waals surface area (Å²) in [5, 5.41) is 19.6. The highest BCUT2D eigenvalue weighted by atomic mass is 19.4. The maximum atomic E-state index is 12.7. The minimum atomic E-state index is -4.54. The molecule has 2 N–H and O–H groups in total. The molecule has 2 aliphatic rings. The first kappa shape index (κ1) is 16.0. The molecule has 1 amide bonds. The summed E-state index contributed by atoms with van der Waals surface area (Å²) in [5.74, 6) is 0. The Kier molecular flexibility index (Phi) is 3.55. The number of carboxylic acid groups (broad SMARTS) is 1. The number of halogens is 3. The number of nitrogens with zero attached hydrogens (tertiary/aromatic N) is 2. The van der Waals surface area contributed by atoms with Gasteiger partial charge in [-0.15, -0.1) is 0 Å². The molecule has 1 aromatic rings. The fourth-order valence-corrected chi connectivity index (χ4v) is 3.75. The number of hydrogen-bond acceptors (Lipinski definition) is 3. The van der Waals surface area contributed by atoms with E-state index in [1.165, 1.54) is 17.0 Å². The molecule has 1 aliphatic heterocycles. The Morgan fingerprint density at radius 3 is 2.35 bits per heavy atom. The van der Waals surface area contributed by atoms with E-state index in [-0.39, 0.29) is 11.1 Å². The van der Waals surface area contributed by atoms with E-state index < -0.39 is 23.6 Å². The number of alkyl halides is 3. The molecule has 0 aromatic carbocycles. The number of amides is 1. The van der Waals surface area contributed by atoms with Gasteiger partial charge in [0, 0.05) is 13.1 Å². The van der Waals surface area contributed by atoms with E-state index in [9.17, 15) is 23.1 Å². The first-order valence-electron chi connectivity index (χ1n) is 7.39. The van der Waals surface area contributed by atoms with Crippen LogP contribution >= 0.6 is 0 Å². The van der Waals surface area contributed by atoms with Gasteiger partial charge in [-0.25, -0.2) is 9.78 Å². The van der Waals surface area contributed by atoms with Crippen LogP contribution in [-0.4, -0.2) is 39.3 Å². The van der Waals surface area contributed by atoms with Gasteiger partial charge in [-0.05, 0) is 43.2 Å². The van der Waals surface area contributed by atoms with Gasteiger partial charge in [0.15, 0.2) is 0 Å².